The number of benzene rings is 2. The van der Waals surface area contributed by atoms with Crippen molar-refractivity contribution in [1.29, 1.82) is 0 Å². The van der Waals surface area contributed by atoms with E-state index in [9.17, 15) is 14.4 Å². The highest BCUT2D eigenvalue weighted by molar-refractivity contribution is 6.00. The van der Waals surface area contributed by atoms with Gasteiger partial charge in [0.05, 0.1) is 18.7 Å². The van der Waals surface area contributed by atoms with Crippen LogP contribution in [-0.4, -0.2) is 49.4 Å². The zero-order chi connectivity index (χ0) is 21.8. The summed E-state index contributed by atoms with van der Waals surface area (Å²) in [5.74, 6) is 0.0814. The molecule has 7 nitrogen and oxygen atoms in total. The van der Waals surface area contributed by atoms with Gasteiger partial charge in [0, 0.05) is 37.7 Å². The molecule has 1 unspecified atom stereocenters. The number of para-hydroxylation sites is 3. The number of likely N-dealkylation sites (tertiary alicyclic amines) is 1. The molecule has 4 rings (SSSR count). The molecule has 2 aliphatic heterocycles. The van der Waals surface area contributed by atoms with Crippen molar-refractivity contribution in [2.45, 2.75) is 19.3 Å². The fourth-order valence-corrected chi connectivity index (χ4v) is 4.33. The number of amides is 3. The Morgan fingerprint density at radius 1 is 0.968 bits per heavy atom. The first kappa shape index (κ1) is 20.9. The Bertz CT molecular complexity index is 954. The number of methoxy groups -OCH3 is 1. The number of anilines is 2. The fraction of sp³-hybridized carbons (Fsp3) is 0.375. The Labute approximate surface area is 182 Å². The van der Waals surface area contributed by atoms with Gasteiger partial charge in [-0.05, 0) is 37.1 Å². The van der Waals surface area contributed by atoms with Gasteiger partial charge < -0.3 is 19.9 Å². The van der Waals surface area contributed by atoms with Crippen LogP contribution in [0.5, 0.6) is 5.75 Å². The Hall–Kier alpha value is -3.35. The zero-order valence-electron chi connectivity index (χ0n) is 17.6. The predicted octanol–water partition coefficient (Wildman–Crippen LogP) is 2.93. The van der Waals surface area contributed by atoms with Crippen molar-refractivity contribution in [3.63, 3.8) is 0 Å². The van der Waals surface area contributed by atoms with E-state index in [1.165, 1.54) is 0 Å². The van der Waals surface area contributed by atoms with Crippen LogP contribution in [0.1, 0.15) is 19.3 Å². The van der Waals surface area contributed by atoms with Gasteiger partial charge in [-0.1, -0.05) is 30.3 Å². The summed E-state index contributed by atoms with van der Waals surface area (Å²) in [5, 5.41) is 2.94. The molecular weight excluding hydrogens is 394 g/mol. The van der Waals surface area contributed by atoms with E-state index in [-0.39, 0.29) is 36.0 Å². The number of nitrogens with zero attached hydrogens (tertiary/aromatic N) is 2. The molecule has 162 valence electrons. The van der Waals surface area contributed by atoms with E-state index < -0.39 is 0 Å². The number of hydrogen-bond donors (Lipinski definition) is 1. The molecule has 2 aromatic carbocycles. The van der Waals surface area contributed by atoms with Gasteiger partial charge in [0.2, 0.25) is 17.7 Å². The van der Waals surface area contributed by atoms with E-state index in [1.807, 2.05) is 48.5 Å². The van der Waals surface area contributed by atoms with Crippen molar-refractivity contribution in [3.8, 4) is 5.75 Å². The van der Waals surface area contributed by atoms with Crippen LogP contribution in [0.3, 0.4) is 0 Å². The monoisotopic (exact) mass is 421 g/mol. The first-order valence-corrected chi connectivity index (χ1v) is 10.6. The molecule has 2 fully saturated rings. The van der Waals surface area contributed by atoms with Crippen LogP contribution in [-0.2, 0) is 14.4 Å². The average Bonchev–Trinajstić information content (AvgIpc) is 3.21. The topological polar surface area (TPSA) is 79.0 Å². The third-order valence-corrected chi connectivity index (χ3v) is 6.08. The number of ether oxygens (including phenoxy) is 1. The summed E-state index contributed by atoms with van der Waals surface area (Å²) in [6.45, 7) is 1.47. The van der Waals surface area contributed by atoms with Crippen molar-refractivity contribution in [2.24, 2.45) is 11.8 Å². The van der Waals surface area contributed by atoms with Crippen molar-refractivity contribution in [2.75, 3.05) is 37.0 Å². The minimum Gasteiger partial charge on any atom is -0.495 e. The van der Waals surface area contributed by atoms with Gasteiger partial charge >= 0.3 is 0 Å². The third kappa shape index (κ3) is 4.55. The lowest BCUT2D eigenvalue weighted by atomic mass is 9.94. The van der Waals surface area contributed by atoms with Crippen molar-refractivity contribution in [1.82, 2.24) is 4.90 Å². The first-order valence-electron chi connectivity index (χ1n) is 10.6. The van der Waals surface area contributed by atoms with Gasteiger partial charge in [-0.25, -0.2) is 0 Å². The smallest absolute Gasteiger partial charge is 0.228 e. The van der Waals surface area contributed by atoms with Crippen molar-refractivity contribution < 1.29 is 19.1 Å². The third-order valence-electron chi connectivity index (χ3n) is 6.08. The molecule has 2 aliphatic rings. The Balaban J connectivity index is 1.31. The van der Waals surface area contributed by atoms with Gasteiger partial charge in [0.25, 0.3) is 0 Å². The molecule has 1 atom stereocenters. The molecule has 0 aliphatic carbocycles. The number of rotatable bonds is 5. The molecule has 3 amide bonds. The molecule has 2 aromatic rings. The standard InChI is InChI=1S/C24H27N3O4/c1-31-21-10-6-5-9-20(21)25-23(29)17-11-13-26(14-12-17)24(30)18-15-22(28)27(16-18)19-7-3-2-4-8-19/h2-10,17-18H,11-16H2,1H3,(H,25,29). The first-order chi connectivity index (χ1) is 15.1. The van der Waals surface area contributed by atoms with Crippen LogP contribution in [0.15, 0.2) is 54.6 Å². The van der Waals surface area contributed by atoms with Crippen molar-refractivity contribution >= 4 is 29.1 Å². The molecule has 1 N–H and O–H groups in total. The van der Waals surface area contributed by atoms with Crippen molar-refractivity contribution in [3.05, 3.63) is 54.6 Å². The minimum atomic E-state index is -0.327. The molecule has 0 bridgehead atoms. The summed E-state index contributed by atoms with van der Waals surface area (Å²) in [7, 11) is 1.57. The molecule has 7 heteroatoms. The molecule has 0 radical (unpaired) electrons. The summed E-state index contributed by atoms with van der Waals surface area (Å²) in [6.07, 6.45) is 1.45. The minimum absolute atomic E-state index is 0.00960. The Morgan fingerprint density at radius 2 is 1.65 bits per heavy atom. The summed E-state index contributed by atoms with van der Waals surface area (Å²) in [4.78, 5) is 41.6. The van der Waals surface area contributed by atoms with E-state index in [0.29, 0.717) is 43.9 Å². The van der Waals surface area contributed by atoms with E-state index in [4.69, 9.17) is 4.74 Å². The lowest BCUT2D eigenvalue weighted by Gasteiger charge is -2.33. The second-order valence-corrected chi connectivity index (χ2v) is 8.03. The molecule has 0 saturated carbocycles. The SMILES string of the molecule is COc1ccccc1NC(=O)C1CCN(C(=O)C2CC(=O)N(c3ccccc3)C2)CC1. The van der Waals surface area contributed by atoms with Gasteiger partial charge in [-0.3, -0.25) is 14.4 Å². The highest BCUT2D eigenvalue weighted by Gasteiger charge is 2.38. The predicted molar refractivity (Wildman–Crippen MR) is 118 cm³/mol. The van der Waals surface area contributed by atoms with E-state index >= 15 is 0 Å². The lowest BCUT2D eigenvalue weighted by Crippen LogP contribution is -2.44. The maximum absolute atomic E-state index is 13.0. The Morgan fingerprint density at radius 3 is 2.35 bits per heavy atom. The van der Waals surface area contributed by atoms with E-state index in [0.717, 1.165) is 5.69 Å². The quantitative estimate of drug-likeness (QED) is 0.805. The average molecular weight is 421 g/mol. The maximum atomic E-state index is 13.0. The highest BCUT2D eigenvalue weighted by atomic mass is 16.5. The summed E-state index contributed by atoms with van der Waals surface area (Å²) < 4.78 is 5.29. The van der Waals surface area contributed by atoms with Gasteiger partial charge in [-0.2, -0.15) is 0 Å². The molecule has 0 spiro atoms. The zero-order valence-corrected chi connectivity index (χ0v) is 17.6. The van der Waals surface area contributed by atoms with Crippen LogP contribution in [0.25, 0.3) is 0 Å². The largest absolute Gasteiger partial charge is 0.495 e. The van der Waals surface area contributed by atoms with Crippen LogP contribution >= 0.6 is 0 Å². The summed E-state index contributed by atoms with van der Waals surface area (Å²) >= 11 is 0. The van der Waals surface area contributed by atoms with Gasteiger partial charge in [0.15, 0.2) is 0 Å². The van der Waals surface area contributed by atoms with Crippen LogP contribution in [0, 0.1) is 11.8 Å². The Kier molecular flexibility index (Phi) is 6.21. The molecule has 0 aromatic heterocycles. The van der Waals surface area contributed by atoms with E-state index in [2.05, 4.69) is 5.32 Å². The molecule has 2 saturated heterocycles. The number of nitrogens with one attached hydrogen (secondary N) is 1. The van der Waals surface area contributed by atoms with Crippen LogP contribution < -0.4 is 15.0 Å². The molecular formula is C24H27N3O4. The van der Waals surface area contributed by atoms with E-state index in [1.54, 1.807) is 23.0 Å². The number of piperidine rings is 1. The number of hydrogen-bond acceptors (Lipinski definition) is 4. The van der Waals surface area contributed by atoms with Crippen LogP contribution in [0.2, 0.25) is 0 Å². The van der Waals surface area contributed by atoms with Gasteiger partial charge in [-0.15, -0.1) is 0 Å². The summed E-state index contributed by atoms with van der Waals surface area (Å²) in [6, 6.07) is 16.8. The number of carbonyl (C=O) groups excluding carboxylic acids is 3. The number of carbonyl (C=O) groups is 3. The molecule has 2 heterocycles. The second kappa shape index (κ2) is 9.20. The van der Waals surface area contributed by atoms with Gasteiger partial charge in [0.1, 0.15) is 5.75 Å². The second-order valence-electron chi connectivity index (χ2n) is 8.03. The normalized spacial score (nSPS) is 19.4. The summed E-state index contributed by atoms with van der Waals surface area (Å²) in [5.41, 5.74) is 1.48. The molecule has 31 heavy (non-hydrogen) atoms. The maximum Gasteiger partial charge on any atom is 0.228 e. The lowest BCUT2D eigenvalue weighted by molar-refractivity contribution is -0.138. The van der Waals surface area contributed by atoms with Crippen LogP contribution in [0.4, 0.5) is 11.4 Å². The fourth-order valence-electron chi connectivity index (χ4n) is 4.33. The highest BCUT2D eigenvalue weighted by Crippen LogP contribution is 2.29.